The van der Waals surface area contributed by atoms with Crippen LogP contribution in [0, 0.1) is 0 Å². The maximum atomic E-state index is 12.4. The van der Waals surface area contributed by atoms with Crippen LogP contribution in [-0.2, 0) is 11.2 Å². The van der Waals surface area contributed by atoms with Crippen LogP contribution in [0.15, 0.2) is 54.7 Å². The van der Waals surface area contributed by atoms with Gasteiger partial charge in [0.15, 0.2) is 11.5 Å². The van der Waals surface area contributed by atoms with E-state index in [0.29, 0.717) is 39.3 Å². The standard InChI is InChI=1S/C21H17ClN4O4/c22-14-10-24-19(9-16(14)25-15-4-2-1-3-13(15)21(23)28)26-20(27)8-12-5-6-17-18(7-12)30-11-29-17/h1-7,9-10H,8,11H2,(H2,23,28)(H2,24,25,26,27). The molecule has 0 spiro atoms. The summed E-state index contributed by atoms with van der Waals surface area (Å²) in [7, 11) is 0. The molecule has 0 saturated carbocycles. The number of benzene rings is 2. The van der Waals surface area contributed by atoms with Gasteiger partial charge in [0.05, 0.1) is 34.6 Å². The Morgan fingerprint density at radius 2 is 1.87 bits per heavy atom. The molecule has 2 amide bonds. The van der Waals surface area contributed by atoms with Crippen molar-refractivity contribution in [1.82, 2.24) is 4.98 Å². The molecule has 0 bridgehead atoms. The Morgan fingerprint density at radius 3 is 2.70 bits per heavy atom. The first-order chi connectivity index (χ1) is 14.5. The summed E-state index contributed by atoms with van der Waals surface area (Å²) >= 11 is 6.22. The molecule has 0 fully saturated rings. The molecule has 1 aliphatic heterocycles. The second-order valence-corrected chi connectivity index (χ2v) is 6.90. The molecule has 4 N–H and O–H groups in total. The van der Waals surface area contributed by atoms with Crippen molar-refractivity contribution >= 4 is 40.6 Å². The van der Waals surface area contributed by atoms with Crippen molar-refractivity contribution < 1.29 is 19.1 Å². The lowest BCUT2D eigenvalue weighted by Crippen LogP contribution is -2.16. The third-order valence-electron chi connectivity index (χ3n) is 4.39. The Hall–Kier alpha value is -3.78. The molecule has 3 aromatic rings. The van der Waals surface area contributed by atoms with E-state index in [2.05, 4.69) is 15.6 Å². The van der Waals surface area contributed by atoms with Crippen LogP contribution >= 0.6 is 11.6 Å². The first-order valence-electron chi connectivity index (χ1n) is 8.99. The molecule has 0 unspecified atom stereocenters. The number of pyridine rings is 1. The number of aromatic nitrogens is 1. The smallest absolute Gasteiger partial charge is 0.250 e. The number of halogens is 1. The number of rotatable bonds is 6. The van der Waals surface area contributed by atoms with Crippen molar-refractivity contribution in [3.63, 3.8) is 0 Å². The Balaban J connectivity index is 1.48. The predicted molar refractivity (Wildman–Crippen MR) is 112 cm³/mol. The van der Waals surface area contributed by atoms with Crippen molar-refractivity contribution in [2.24, 2.45) is 5.73 Å². The van der Waals surface area contributed by atoms with Crippen molar-refractivity contribution in [2.45, 2.75) is 6.42 Å². The zero-order chi connectivity index (χ0) is 21.1. The topological polar surface area (TPSA) is 116 Å². The summed E-state index contributed by atoms with van der Waals surface area (Å²) in [5, 5.41) is 6.12. The number of anilines is 3. The van der Waals surface area contributed by atoms with Gasteiger partial charge in [-0.1, -0.05) is 29.8 Å². The third kappa shape index (κ3) is 4.28. The van der Waals surface area contributed by atoms with Gasteiger partial charge in [0, 0.05) is 6.07 Å². The number of nitrogens with one attached hydrogen (secondary N) is 2. The van der Waals surface area contributed by atoms with E-state index in [-0.39, 0.29) is 19.1 Å². The van der Waals surface area contributed by atoms with Crippen LogP contribution in [-0.4, -0.2) is 23.6 Å². The van der Waals surface area contributed by atoms with E-state index in [4.69, 9.17) is 26.8 Å². The number of carbonyl (C=O) groups excluding carboxylic acids is 2. The summed E-state index contributed by atoms with van der Waals surface area (Å²) in [6.07, 6.45) is 1.54. The lowest BCUT2D eigenvalue weighted by Gasteiger charge is -2.13. The Labute approximate surface area is 177 Å². The minimum Gasteiger partial charge on any atom is -0.454 e. The van der Waals surface area contributed by atoms with Gasteiger partial charge in [-0.15, -0.1) is 0 Å². The zero-order valence-electron chi connectivity index (χ0n) is 15.6. The molecular formula is C21H17ClN4O4. The minimum absolute atomic E-state index is 0.133. The largest absolute Gasteiger partial charge is 0.454 e. The zero-order valence-corrected chi connectivity index (χ0v) is 16.4. The molecule has 0 radical (unpaired) electrons. The average molecular weight is 425 g/mol. The minimum atomic E-state index is -0.569. The highest BCUT2D eigenvalue weighted by Gasteiger charge is 2.15. The van der Waals surface area contributed by atoms with E-state index >= 15 is 0 Å². The van der Waals surface area contributed by atoms with Crippen LogP contribution in [0.2, 0.25) is 5.02 Å². The monoisotopic (exact) mass is 424 g/mol. The van der Waals surface area contributed by atoms with E-state index in [0.717, 1.165) is 5.56 Å². The Morgan fingerprint density at radius 1 is 1.07 bits per heavy atom. The SMILES string of the molecule is NC(=O)c1ccccc1Nc1cc(NC(=O)Cc2ccc3c(c2)OCO3)ncc1Cl. The number of hydrogen-bond acceptors (Lipinski definition) is 6. The third-order valence-corrected chi connectivity index (χ3v) is 4.69. The van der Waals surface area contributed by atoms with E-state index in [1.54, 1.807) is 48.5 Å². The van der Waals surface area contributed by atoms with E-state index in [1.807, 2.05) is 0 Å². The molecule has 2 heterocycles. The molecule has 0 saturated heterocycles. The fourth-order valence-electron chi connectivity index (χ4n) is 2.98. The fraction of sp³-hybridized carbons (Fsp3) is 0.0952. The maximum absolute atomic E-state index is 12.4. The molecule has 9 heteroatoms. The van der Waals surface area contributed by atoms with Gasteiger partial charge in [0.25, 0.3) is 5.91 Å². The highest BCUT2D eigenvalue weighted by molar-refractivity contribution is 6.33. The van der Waals surface area contributed by atoms with Crippen molar-refractivity contribution in [3.8, 4) is 11.5 Å². The molecule has 4 rings (SSSR count). The second kappa shape index (κ2) is 8.30. The van der Waals surface area contributed by atoms with Gasteiger partial charge in [-0.3, -0.25) is 9.59 Å². The molecule has 1 aromatic heterocycles. The Bertz CT molecular complexity index is 1140. The van der Waals surface area contributed by atoms with Crippen molar-refractivity contribution in [1.29, 1.82) is 0 Å². The average Bonchev–Trinajstić information content (AvgIpc) is 3.18. The van der Waals surface area contributed by atoms with E-state index < -0.39 is 5.91 Å². The molecule has 0 atom stereocenters. The molecule has 8 nitrogen and oxygen atoms in total. The number of fused-ring (bicyclic) bond motifs is 1. The number of para-hydroxylation sites is 1. The highest BCUT2D eigenvalue weighted by atomic mass is 35.5. The van der Waals surface area contributed by atoms with Gasteiger partial charge >= 0.3 is 0 Å². The van der Waals surface area contributed by atoms with Crippen molar-refractivity contribution in [2.75, 3.05) is 17.4 Å². The second-order valence-electron chi connectivity index (χ2n) is 6.50. The lowest BCUT2D eigenvalue weighted by atomic mass is 10.1. The van der Waals surface area contributed by atoms with E-state index in [9.17, 15) is 9.59 Å². The molecule has 30 heavy (non-hydrogen) atoms. The number of hydrogen-bond donors (Lipinski definition) is 3. The summed E-state index contributed by atoms with van der Waals surface area (Å²) in [4.78, 5) is 28.2. The molecule has 1 aliphatic rings. The summed E-state index contributed by atoms with van der Waals surface area (Å²) in [5.41, 5.74) is 7.47. The van der Waals surface area contributed by atoms with Crippen LogP contribution < -0.4 is 25.8 Å². The number of primary amides is 1. The summed E-state index contributed by atoms with van der Waals surface area (Å²) in [6, 6.07) is 13.7. The number of ether oxygens (including phenoxy) is 2. The van der Waals surface area contributed by atoms with Gasteiger partial charge in [-0.25, -0.2) is 4.98 Å². The highest BCUT2D eigenvalue weighted by Crippen LogP contribution is 2.33. The van der Waals surface area contributed by atoms with Crippen LogP contribution in [0.1, 0.15) is 15.9 Å². The summed E-state index contributed by atoms with van der Waals surface area (Å²) in [6.45, 7) is 0.175. The molecular weight excluding hydrogens is 408 g/mol. The van der Waals surface area contributed by atoms with Crippen LogP contribution in [0.25, 0.3) is 0 Å². The first-order valence-corrected chi connectivity index (χ1v) is 9.37. The molecule has 152 valence electrons. The van der Waals surface area contributed by atoms with Crippen LogP contribution in [0.4, 0.5) is 17.2 Å². The fourth-order valence-corrected chi connectivity index (χ4v) is 3.13. The van der Waals surface area contributed by atoms with Gasteiger partial charge < -0.3 is 25.8 Å². The van der Waals surface area contributed by atoms with Crippen LogP contribution in [0.5, 0.6) is 11.5 Å². The van der Waals surface area contributed by atoms with Crippen molar-refractivity contribution in [3.05, 3.63) is 70.9 Å². The maximum Gasteiger partial charge on any atom is 0.250 e. The summed E-state index contributed by atoms with van der Waals surface area (Å²) < 4.78 is 10.6. The summed E-state index contributed by atoms with van der Waals surface area (Å²) in [5.74, 6) is 0.756. The number of nitrogens with zero attached hydrogens (tertiary/aromatic N) is 1. The van der Waals surface area contributed by atoms with Gasteiger partial charge in [0.1, 0.15) is 5.82 Å². The van der Waals surface area contributed by atoms with Gasteiger partial charge in [-0.05, 0) is 29.8 Å². The quantitative estimate of drug-likeness (QED) is 0.558. The van der Waals surface area contributed by atoms with Crippen LogP contribution in [0.3, 0.4) is 0 Å². The number of nitrogens with two attached hydrogens (primary N) is 1. The number of amides is 2. The van der Waals surface area contributed by atoms with E-state index in [1.165, 1.54) is 6.20 Å². The molecule has 2 aromatic carbocycles. The Kier molecular flexibility index (Phi) is 5.40. The molecule has 0 aliphatic carbocycles. The van der Waals surface area contributed by atoms with Gasteiger partial charge in [0.2, 0.25) is 12.7 Å². The first kappa shape index (κ1) is 19.5. The van der Waals surface area contributed by atoms with Gasteiger partial charge in [-0.2, -0.15) is 0 Å². The predicted octanol–water partition coefficient (Wildman–Crippen LogP) is 3.49. The normalized spacial score (nSPS) is 11.8. The lowest BCUT2D eigenvalue weighted by molar-refractivity contribution is -0.115. The number of carbonyl (C=O) groups is 2.